The van der Waals surface area contributed by atoms with Gasteiger partial charge in [0.15, 0.2) is 8.32 Å². The van der Waals surface area contributed by atoms with Crippen molar-refractivity contribution in [3.8, 4) is 0 Å². The maximum atomic E-state index is 11.0. The predicted molar refractivity (Wildman–Crippen MR) is 97.6 cm³/mol. The molecule has 0 spiro atoms. The second-order valence-electron chi connectivity index (χ2n) is 7.35. The smallest absolute Gasteiger partial charge is 0.273 e. The number of halogens is 1. The molecule has 0 radical (unpaired) electrons. The van der Waals surface area contributed by atoms with E-state index in [1.165, 1.54) is 12.1 Å². The zero-order valence-electron chi connectivity index (χ0n) is 14.8. The predicted octanol–water partition coefficient (Wildman–Crippen LogP) is 4.75. The summed E-state index contributed by atoms with van der Waals surface area (Å²) in [5.74, 6) is 0. The summed E-state index contributed by atoms with van der Waals surface area (Å²) in [6.45, 7) is 14.1. The standard InChI is InChI=1S/C16H27ClN2O3Si/c1-12(22-23(5,6)16(2,3)4)10-18-11-13-9-14(17)7-8-15(13)19(20)21/h7-9,12,18H,10-11H2,1-6H3. The molecule has 0 heterocycles. The van der Waals surface area contributed by atoms with Crippen molar-refractivity contribution in [2.45, 2.75) is 58.5 Å². The van der Waals surface area contributed by atoms with Crippen LogP contribution < -0.4 is 5.32 Å². The first-order chi connectivity index (χ1) is 10.4. The highest BCUT2D eigenvalue weighted by Gasteiger charge is 2.38. The fraction of sp³-hybridized carbons (Fsp3) is 0.625. The Labute approximate surface area is 144 Å². The van der Waals surface area contributed by atoms with Crippen molar-refractivity contribution in [1.82, 2.24) is 5.32 Å². The number of nitro benzene ring substituents is 1. The van der Waals surface area contributed by atoms with E-state index >= 15 is 0 Å². The largest absolute Gasteiger partial charge is 0.413 e. The van der Waals surface area contributed by atoms with Gasteiger partial charge in [-0.3, -0.25) is 10.1 Å². The van der Waals surface area contributed by atoms with E-state index in [0.717, 1.165) is 0 Å². The molecule has 1 rings (SSSR count). The number of benzene rings is 1. The third kappa shape index (κ3) is 5.88. The molecule has 1 atom stereocenters. The lowest BCUT2D eigenvalue weighted by atomic mass is 10.2. The molecule has 0 aliphatic rings. The molecule has 7 heteroatoms. The topological polar surface area (TPSA) is 64.4 Å². The zero-order chi connectivity index (χ0) is 17.8. The Kier molecular flexibility index (Phi) is 6.77. The molecule has 5 nitrogen and oxygen atoms in total. The molecule has 23 heavy (non-hydrogen) atoms. The van der Waals surface area contributed by atoms with E-state index in [1.807, 2.05) is 6.92 Å². The molecule has 1 N–H and O–H groups in total. The first-order valence-electron chi connectivity index (χ1n) is 7.75. The summed E-state index contributed by atoms with van der Waals surface area (Å²) in [6, 6.07) is 4.60. The molecule has 0 amide bonds. The first-order valence-corrected chi connectivity index (χ1v) is 11.0. The van der Waals surface area contributed by atoms with Crippen molar-refractivity contribution >= 4 is 25.6 Å². The summed E-state index contributed by atoms with van der Waals surface area (Å²) in [5.41, 5.74) is 0.668. The molecule has 0 aliphatic carbocycles. The van der Waals surface area contributed by atoms with Crippen LogP contribution >= 0.6 is 11.6 Å². The van der Waals surface area contributed by atoms with Gasteiger partial charge in [0.25, 0.3) is 5.69 Å². The van der Waals surface area contributed by atoms with E-state index in [2.05, 4.69) is 39.2 Å². The van der Waals surface area contributed by atoms with Gasteiger partial charge in [0.1, 0.15) is 0 Å². The van der Waals surface area contributed by atoms with Crippen molar-refractivity contribution in [2.24, 2.45) is 0 Å². The Morgan fingerprint density at radius 3 is 2.52 bits per heavy atom. The maximum absolute atomic E-state index is 11.0. The lowest BCUT2D eigenvalue weighted by Gasteiger charge is -2.38. The quantitative estimate of drug-likeness (QED) is 0.434. The Morgan fingerprint density at radius 2 is 2.00 bits per heavy atom. The van der Waals surface area contributed by atoms with Gasteiger partial charge >= 0.3 is 0 Å². The highest BCUT2D eigenvalue weighted by molar-refractivity contribution is 6.74. The molecule has 1 aromatic rings. The Hall–Kier alpha value is -0.953. The van der Waals surface area contributed by atoms with Gasteiger partial charge in [-0.15, -0.1) is 0 Å². The highest BCUT2D eigenvalue weighted by atomic mass is 35.5. The third-order valence-corrected chi connectivity index (χ3v) is 9.13. The van der Waals surface area contributed by atoms with Crippen LogP contribution in [0.4, 0.5) is 5.69 Å². The van der Waals surface area contributed by atoms with Crippen molar-refractivity contribution in [1.29, 1.82) is 0 Å². The minimum atomic E-state index is -1.80. The van der Waals surface area contributed by atoms with Crippen LogP contribution in [0, 0.1) is 10.1 Å². The maximum Gasteiger partial charge on any atom is 0.273 e. The Balaban J connectivity index is 2.61. The minimum absolute atomic E-state index is 0.0501. The average Bonchev–Trinajstić information content (AvgIpc) is 2.36. The van der Waals surface area contributed by atoms with Gasteiger partial charge in [0.2, 0.25) is 0 Å². The molecule has 0 bridgehead atoms. The average molecular weight is 359 g/mol. The van der Waals surface area contributed by atoms with Gasteiger partial charge in [0.05, 0.1) is 11.0 Å². The highest BCUT2D eigenvalue weighted by Crippen LogP contribution is 2.37. The molecule has 130 valence electrons. The van der Waals surface area contributed by atoms with Crippen LogP contribution in [0.1, 0.15) is 33.3 Å². The number of rotatable bonds is 7. The number of nitro groups is 1. The lowest BCUT2D eigenvalue weighted by molar-refractivity contribution is -0.385. The van der Waals surface area contributed by atoms with Crippen LogP contribution in [-0.2, 0) is 11.0 Å². The summed E-state index contributed by atoms with van der Waals surface area (Å²) in [4.78, 5) is 10.7. The summed E-state index contributed by atoms with van der Waals surface area (Å²) in [5, 5.41) is 14.9. The zero-order valence-corrected chi connectivity index (χ0v) is 16.5. The van der Waals surface area contributed by atoms with Crippen molar-refractivity contribution in [3.63, 3.8) is 0 Å². The van der Waals surface area contributed by atoms with Crippen LogP contribution in [0.15, 0.2) is 18.2 Å². The first kappa shape index (κ1) is 20.1. The molecule has 0 fully saturated rings. The van der Waals surface area contributed by atoms with E-state index in [4.69, 9.17) is 16.0 Å². The second-order valence-corrected chi connectivity index (χ2v) is 12.5. The molecule has 0 aliphatic heterocycles. The van der Waals surface area contributed by atoms with E-state index in [9.17, 15) is 10.1 Å². The van der Waals surface area contributed by atoms with E-state index in [0.29, 0.717) is 23.7 Å². The molecule has 0 saturated carbocycles. The van der Waals surface area contributed by atoms with Gasteiger partial charge in [-0.25, -0.2) is 0 Å². The number of nitrogens with zero attached hydrogens (tertiary/aromatic N) is 1. The fourth-order valence-electron chi connectivity index (χ4n) is 2.01. The summed E-state index contributed by atoms with van der Waals surface area (Å²) < 4.78 is 6.26. The Morgan fingerprint density at radius 1 is 1.39 bits per heavy atom. The molecule has 1 unspecified atom stereocenters. The summed E-state index contributed by atoms with van der Waals surface area (Å²) in [7, 11) is -1.80. The van der Waals surface area contributed by atoms with Crippen LogP contribution in [-0.4, -0.2) is 25.9 Å². The number of hydrogen-bond acceptors (Lipinski definition) is 4. The van der Waals surface area contributed by atoms with Crippen LogP contribution in [0.5, 0.6) is 0 Å². The van der Waals surface area contributed by atoms with Crippen molar-refractivity contribution in [3.05, 3.63) is 38.9 Å². The van der Waals surface area contributed by atoms with Gasteiger partial charge in [-0.1, -0.05) is 32.4 Å². The molecule has 0 aromatic heterocycles. The van der Waals surface area contributed by atoms with Gasteiger partial charge < -0.3 is 9.74 Å². The van der Waals surface area contributed by atoms with Gasteiger partial charge in [-0.2, -0.15) is 0 Å². The van der Waals surface area contributed by atoms with E-state index in [1.54, 1.807) is 6.07 Å². The van der Waals surface area contributed by atoms with Gasteiger partial charge in [-0.05, 0) is 37.2 Å². The minimum Gasteiger partial charge on any atom is -0.413 e. The molecular weight excluding hydrogens is 332 g/mol. The van der Waals surface area contributed by atoms with E-state index < -0.39 is 8.32 Å². The summed E-state index contributed by atoms with van der Waals surface area (Å²) >= 11 is 5.93. The van der Waals surface area contributed by atoms with Crippen molar-refractivity contribution in [2.75, 3.05) is 6.54 Å². The van der Waals surface area contributed by atoms with Crippen molar-refractivity contribution < 1.29 is 9.35 Å². The summed E-state index contributed by atoms with van der Waals surface area (Å²) in [6.07, 6.45) is 0.0501. The SMILES string of the molecule is CC(CNCc1cc(Cl)ccc1[N+](=O)[O-])O[Si](C)(C)C(C)(C)C. The fourth-order valence-corrected chi connectivity index (χ4v) is 3.64. The van der Waals surface area contributed by atoms with E-state index in [-0.39, 0.29) is 21.8 Å². The molecule has 0 saturated heterocycles. The number of nitrogens with one attached hydrogen (secondary N) is 1. The monoisotopic (exact) mass is 358 g/mol. The third-order valence-electron chi connectivity index (χ3n) is 4.29. The second kappa shape index (κ2) is 7.74. The Bertz CT molecular complexity index is 559. The van der Waals surface area contributed by atoms with Gasteiger partial charge in [0, 0.05) is 29.7 Å². The lowest BCUT2D eigenvalue weighted by Crippen LogP contribution is -2.45. The normalized spacial score (nSPS) is 13.9. The molecular formula is C16H27ClN2O3Si. The number of hydrogen-bond donors (Lipinski definition) is 1. The van der Waals surface area contributed by atoms with Crippen LogP contribution in [0.3, 0.4) is 0 Å². The van der Waals surface area contributed by atoms with Crippen LogP contribution in [0.2, 0.25) is 23.2 Å². The molecule has 1 aromatic carbocycles. The van der Waals surface area contributed by atoms with Crippen LogP contribution in [0.25, 0.3) is 0 Å².